The maximum Gasteiger partial charge on any atom is 0.496 e. The van der Waals surface area contributed by atoms with Crippen LogP contribution in [0.2, 0.25) is 0 Å². The average Bonchev–Trinajstić information content (AvgIpc) is 2.73. The Morgan fingerprint density at radius 1 is 1.04 bits per heavy atom. The van der Waals surface area contributed by atoms with Crippen LogP contribution in [0.1, 0.15) is 38.8 Å². The normalized spacial score (nSPS) is 18.8. The van der Waals surface area contributed by atoms with Crippen LogP contribution in [-0.2, 0) is 15.9 Å². The number of benzene rings is 1. The highest BCUT2D eigenvalue weighted by Gasteiger charge is 2.51. The molecule has 3 rings (SSSR count). The first-order valence-corrected chi connectivity index (χ1v) is 8.30. The predicted octanol–water partition coefficient (Wildman–Crippen LogP) is 2.50. The van der Waals surface area contributed by atoms with Crippen molar-refractivity contribution in [3.63, 3.8) is 0 Å². The van der Waals surface area contributed by atoms with Crippen molar-refractivity contribution in [2.75, 3.05) is 0 Å². The molecule has 126 valence electrons. The molecular weight excluding hydrogens is 301 g/mol. The zero-order chi connectivity index (χ0) is 17.5. The van der Waals surface area contributed by atoms with E-state index in [0.717, 1.165) is 11.0 Å². The van der Waals surface area contributed by atoms with Crippen LogP contribution < -0.4 is 11.0 Å². The zero-order valence-corrected chi connectivity index (χ0v) is 15.0. The number of hydrogen-bond donors (Lipinski definition) is 0. The fourth-order valence-electron chi connectivity index (χ4n) is 2.82. The molecule has 0 N–H and O–H groups in total. The van der Waals surface area contributed by atoms with Gasteiger partial charge in [0.1, 0.15) is 0 Å². The van der Waals surface area contributed by atoms with Gasteiger partial charge in [-0.15, -0.1) is 0 Å². The number of pyridine rings is 1. The monoisotopic (exact) mass is 325 g/mol. The first kappa shape index (κ1) is 17.0. The summed E-state index contributed by atoms with van der Waals surface area (Å²) in [4.78, 5) is 12.5. The van der Waals surface area contributed by atoms with Crippen molar-refractivity contribution in [1.29, 1.82) is 0 Å². The van der Waals surface area contributed by atoms with Gasteiger partial charge in [-0.2, -0.15) is 0 Å². The zero-order valence-electron chi connectivity index (χ0n) is 15.0. The molecule has 2 heterocycles. The number of nitrogens with zero attached hydrogens (tertiary/aromatic N) is 1. The van der Waals surface area contributed by atoms with Gasteiger partial charge in [0.05, 0.1) is 17.7 Å². The van der Waals surface area contributed by atoms with E-state index in [9.17, 15) is 4.79 Å². The SMILES string of the molecule is Cc1cc(B2OC(C)(C)C(C)(C)O2)cn(Cc2ccccc2)c1=O. The average molecular weight is 325 g/mol. The molecule has 0 amide bonds. The highest BCUT2D eigenvalue weighted by Crippen LogP contribution is 2.36. The van der Waals surface area contributed by atoms with Gasteiger partial charge in [0, 0.05) is 11.8 Å². The summed E-state index contributed by atoms with van der Waals surface area (Å²) in [6.07, 6.45) is 1.85. The number of rotatable bonds is 3. The molecule has 1 aromatic carbocycles. The number of aryl methyl sites for hydroxylation is 1. The third-order valence-electron chi connectivity index (χ3n) is 5.01. The summed E-state index contributed by atoms with van der Waals surface area (Å²) in [5, 5.41) is 0. The van der Waals surface area contributed by atoms with E-state index in [2.05, 4.69) is 0 Å². The van der Waals surface area contributed by atoms with Gasteiger partial charge in [-0.05, 0) is 45.6 Å². The first-order valence-electron chi connectivity index (χ1n) is 8.30. The molecule has 0 bridgehead atoms. The number of aromatic nitrogens is 1. The number of hydrogen-bond acceptors (Lipinski definition) is 3. The minimum absolute atomic E-state index is 0.0131. The van der Waals surface area contributed by atoms with Gasteiger partial charge in [-0.3, -0.25) is 4.79 Å². The molecule has 5 heteroatoms. The van der Waals surface area contributed by atoms with E-state index < -0.39 is 18.3 Å². The van der Waals surface area contributed by atoms with Crippen molar-refractivity contribution < 1.29 is 9.31 Å². The summed E-state index contributed by atoms with van der Waals surface area (Å²) >= 11 is 0. The Morgan fingerprint density at radius 2 is 1.62 bits per heavy atom. The Hall–Kier alpha value is -1.85. The summed E-state index contributed by atoms with van der Waals surface area (Å²) in [5.41, 5.74) is 1.88. The summed E-state index contributed by atoms with van der Waals surface area (Å²) < 4.78 is 14.0. The van der Waals surface area contributed by atoms with E-state index in [1.165, 1.54) is 0 Å². The molecule has 24 heavy (non-hydrogen) atoms. The lowest BCUT2D eigenvalue weighted by Gasteiger charge is -2.32. The van der Waals surface area contributed by atoms with Crippen LogP contribution in [0.5, 0.6) is 0 Å². The van der Waals surface area contributed by atoms with Crippen molar-refractivity contribution in [3.8, 4) is 0 Å². The van der Waals surface area contributed by atoms with Crippen LogP contribution in [0, 0.1) is 6.92 Å². The predicted molar refractivity (Wildman–Crippen MR) is 96.7 cm³/mol. The molecule has 0 saturated carbocycles. The first-order chi connectivity index (χ1) is 11.2. The van der Waals surface area contributed by atoms with Crippen LogP contribution in [0.3, 0.4) is 0 Å². The molecule has 1 fully saturated rings. The molecule has 1 aliphatic heterocycles. The summed E-state index contributed by atoms with van der Waals surface area (Å²) in [6, 6.07) is 11.8. The topological polar surface area (TPSA) is 40.5 Å². The lowest BCUT2D eigenvalue weighted by atomic mass is 9.79. The lowest BCUT2D eigenvalue weighted by molar-refractivity contribution is 0.00578. The van der Waals surface area contributed by atoms with Gasteiger partial charge in [0.25, 0.3) is 5.56 Å². The minimum atomic E-state index is -0.462. The second kappa shape index (κ2) is 5.90. The van der Waals surface area contributed by atoms with Crippen LogP contribution >= 0.6 is 0 Å². The standard InChI is InChI=1S/C19H24BNO3/c1-14-11-16(20-23-18(2,3)19(4,5)24-20)13-21(17(14)22)12-15-9-7-6-8-10-15/h6-11,13H,12H2,1-5H3. The fourth-order valence-corrected chi connectivity index (χ4v) is 2.82. The molecular formula is C19H24BNO3. The second-order valence-corrected chi connectivity index (χ2v) is 7.46. The Labute approximate surface area is 143 Å². The van der Waals surface area contributed by atoms with Crippen molar-refractivity contribution in [2.24, 2.45) is 0 Å². The molecule has 0 atom stereocenters. The Bertz CT molecular complexity index is 780. The van der Waals surface area contributed by atoms with Gasteiger partial charge in [0.2, 0.25) is 0 Å². The molecule has 1 saturated heterocycles. The molecule has 2 aromatic rings. The van der Waals surface area contributed by atoms with Crippen molar-refractivity contribution in [1.82, 2.24) is 4.57 Å². The van der Waals surface area contributed by atoms with Gasteiger partial charge in [0.15, 0.2) is 0 Å². The van der Waals surface area contributed by atoms with E-state index in [1.807, 2.05) is 77.2 Å². The van der Waals surface area contributed by atoms with Crippen LogP contribution in [-0.4, -0.2) is 22.9 Å². The van der Waals surface area contributed by atoms with Crippen molar-refractivity contribution >= 4 is 12.6 Å². The Morgan fingerprint density at radius 3 is 2.21 bits per heavy atom. The smallest absolute Gasteiger partial charge is 0.399 e. The molecule has 0 aliphatic carbocycles. The van der Waals surface area contributed by atoms with Gasteiger partial charge < -0.3 is 13.9 Å². The van der Waals surface area contributed by atoms with Crippen LogP contribution in [0.25, 0.3) is 0 Å². The van der Waals surface area contributed by atoms with Crippen LogP contribution in [0.4, 0.5) is 0 Å². The Balaban J connectivity index is 1.95. The fraction of sp³-hybridized carbons (Fsp3) is 0.421. The molecule has 0 radical (unpaired) electrons. The van der Waals surface area contributed by atoms with Crippen molar-refractivity contribution in [3.05, 3.63) is 64.1 Å². The van der Waals surface area contributed by atoms with Gasteiger partial charge >= 0.3 is 7.12 Å². The maximum atomic E-state index is 12.5. The second-order valence-electron chi connectivity index (χ2n) is 7.46. The minimum Gasteiger partial charge on any atom is -0.399 e. The largest absolute Gasteiger partial charge is 0.496 e. The van der Waals surface area contributed by atoms with E-state index >= 15 is 0 Å². The highest BCUT2D eigenvalue weighted by atomic mass is 16.7. The van der Waals surface area contributed by atoms with E-state index in [1.54, 1.807) is 4.57 Å². The Kier molecular flexibility index (Phi) is 4.18. The third kappa shape index (κ3) is 3.06. The third-order valence-corrected chi connectivity index (χ3v) is 5.01. The van der Waals surface area contributed by atoms with Crippen LogP contribution in [0.15, 0.2) is 47.4 Å². The molecule has 0 unspecified atom stereocenters. The summed E-state index contributed by atoms with van der Waals surface area (Å²) in [5.74, 6) is 0. The molecule has 1 aliphatic rings. The molecule has 4 nitrogen and oxygen atoms in total. The van der Waals surface area contributed by atoms with E-state index in [0.29, 0.717) is 12.1 Å². The van der Waals surface area contributed by atoms with E-state index in [-0.39, 0.29) is 5.56 Å². The van der Waals surface area contributed by atoms with Gasteiger partial charge in [-0.1, -0.05) is 36.4 Å². The highest BCUT2D eigenvalue weighted by molar-refractivity contribution is 6.62. The van der Waals surface area contributed by atoms with Gasteiger partial charge in [-0.25, -0.2) is 0 Å². The lowest BCUT2D eigenvalue weighted by Crippen LogP contribution is -2.41. The summed E-state index contributed by atoms with van der Waals surface area (Å²) in [6.45, 7) is 10.5. The maximum absolute atomic E-state index is 12.5. The quantitative estimate of drug-likeness (QED) is 0.814. The molecule has 1 aromatic heterocycles. The van der Waals surface area contributed by atoms with E-state index in [4.69, 9.17) is 9.31 Å². The summed E-state index contributed by atoms with van der Waals surface area (Å²) in [7, 11) is -0.462. The van der Waals surface area contributed by atoms with Crippen molar-refractivity contribution in [2.45, 2.75) is 52.4 Å². The molecule has 0 spiro atoms.